The van der Waals surface area contributed by atoms with Crippen molar-refractivity contribution in [2.24, 2.45) is 0 Å². The minimum absolute atomic E-state index is 0.0742. The second-order valence-corrected chi connectivity index (χ2v) is 3.27. The van der Waals surface area contributed by atoms with Crippen LogP contribution in [-0.2, 0) is 15.1 Å². The van der Waals surface area contributed by atoms with Crippen LogP contribution in [0.5, 0.6) is 0 Å². The highest BCUT2D eigenvalue weighted by Gasteiger charge is 2.27. The maximum atomic E-state index is 11.0. The molecule has 0 aliphatic heterocycles. The lowest BCUT2D eigenvalue weighted by Crippen LogP contribution is -2.25. The summed E-state index contributed by atoms with van der Waals surface area (Å²) < 4.78 is 4.49. The lowest BCUT2D eigenvalue weighted by atomic mass is 9.94. The van der Waals surface area contributed by atoms with Gasteiger partial charge in [0.15, 0.2) is 0 Å². The summed E-state index contributed by atoms with van der Waals surface area (Å²) in [6.07, 6.45) is 3.07. The molecule has 0 amide bonds. The van der Waals surface area contributed by atoms with Crippen LogP contribution in [0, 0.1) is 0 Å². The van der Waals surface area contributed by atoms with E-state index in [0.717, 1.165) is 0 Å². The number of esters is 1. The molecule has 0 aliphatic rings. The molecule has 0 fully saturated rings. The van der Waals surface area contributed by atoms with Gasteiger partial charge in [-0.05, 0) is 13.0 Å². The van der Waals surface area contributed by atoms with Gasteiger partial charge in [0.2, 0.25) is 0 Å². The molecule has 1 aromatic heterocycles. The molecule has 4 heteroatoms. The van der Waals surface area contributed by atoms with Gasteiger partial charge < -0.3 is 9.84 Å². The number of pyridine rings is 1. The molecule has 0 radical (unpaired) electrons. The van der Waals surface area contributed by atoms with Gasteiger partial charge in [0.1, 0.15) is 0 Å². The first-order chi connectivity index (χ1) is 6.56. The number of aromatic nitrogens is 1. The van der Waals surface area contributed by atoms with E-state index in [-0.39, 0.29) is 6.42 Å². The van der Waals surface area contributed by atoms with Gasteiger partial charge in [0, 0.05) is 18.0 Å². The number of ether oxygens (including phenoxy) is 1. The van der Waals surface area contributed by atoms with E-state index in [1.165, 1.54) is 13.3 Å². The van der Waals surface area contributed by atoms with Gasteiger partial charge in [0.25, 0.3) is 0 Å². The Hall–Kier alpha value is -1.42. The van der Waals surface area contributed by atoms with Crippen molar-refractivity contribution >= 4 is 5.97 Å². The predicted octanol–water partition coefficient (Wildman–Crippen LogP) is 0.852. The van der Waals surface area contributed by atoms with Crippen LogP contribution in [0.25, 0.3) is 0 Å². The Morgan fingerprint density at radius 1 is 1.71 bits per heavy atom. The average Bonchev–Trinajstić information content (AvgIpc) is 2.18. The molecule has 0 bridgehead atoms. The third-order valence-corrected chi connectivity index (χ3v) is 2.00. The zero-order valence-electron chi connectivity index (χ0n) is 8.23. The maximum absolute atomic E-state index is 11.0. The SMILES string of the molecule is COC(=O)CC(C)(O)c1cccnc1. The fourth-order valence-corrected chi connectivity index (χ4v) is 1.14. The quantitative estimate of drug-likeness (QED) is 0.726. The van der Waals surface area contributed by atoms with Crippen LogP contribution in [0.2, 0.25) is 0 Å². The summed E-state index contributed by atoms with van der Waals surface area (Å²) in [4.78, 5) is 14.9. The van der Waals surface area contributed by atoms with Crippen LogP contribution in [0.3, 0.4) is 0 Å². The highest BCUT2D eigenvalue weighted by Crippen LogP contribution is 2.23. The van der Waals surface area contributed by atoms with Crippen molar-refractivity contribution < 1.29 is 14.6 Å². The Labute approximate surface area is 82.5 Å². The van der Waals surface area contributed by atoms with Crippen molar-refractivity contribution in [3.63, 3.8) is 0 Å². The zero-order chi connectivity index (χ0) is 10.6. The maximum Gasteiger partial charge on any atom is 0.308 e. The molecule has 0 aromatic carbocycles. The minimum Gasteiger partial charge on any atom is -0.469 e. The molecule has 0 saturated heterocycles. The van der Waals surface area contributed by atoms with Crippen molar-refractivity contribution in [1.82, 2.24) is 4.98 Å². The summed E-state index contributed by atoms with van der Waals surface area (Å²) in [6, 6.07) is 3.43. The van der Waals surface area contributed by atoms with Crippen molar-refractivity contribution in [3.05, 3.63) is 30.1 Å². The number of methoxy groups -OCH3 is 1. The van der Waals surface area contributed by atoms with Gasteiger partial charge in [-0.15, -0.1) is 0 Å². The van der Waals surface area contributed by atoms with Crippen molar-refractivity contribution in [1.29, 1.82) is 0 Å². The average molecular weight is 195 g/mol. The molecule has 1 aromatic rings. The number of hydrogen-bond donors (Lipinski definition) is 1. The monoisotopic (exact) mass is 195 g/mol. The van der Waals surface area contributed by atoms with E-state index in [4.69, 9.17) is 0 Å². The lowest BCUT2D eigenvalue weighted by molar-refractivity contribution is -0.145. The Morgan fingerprint density at radius 3 is 2.93 bits per heavy atom. The summed E-state index contributed by atoms with van der Waals surface area (Å²) >= 11 is 0. The molecular formula is C10H13NO3. The van der Waals surface area contributed by atoms with E-state index < -0.39 is 11.6 Å². The second kappa shape index (κ2) is 4.19. The minimum atomic E-state index is -1.22. The molecule has 1 atom stereocenters. The van der Waals surface area contributed by atoms with E-state index in [0.29, 0.717) is 5.56 Å². The summed E-state index contributed by atoms with van der Waals surface area (Å²) in [6.45, 7) is 1.56. The van der Waals surface area contributed by atoms with Crippen LogP contribution in [0.15, 0.2) is 24.5 Å². The van der Waals surface area contributed by atoms with E-state index in [1.807, 2.05) is 0 Å². The van der Waals surface area contributed by atoms with Gasteiger partial charge in [-0.3, -0.25) is 9.78 Å². The van der Waals surface area contributed by atoms with E-state index in [1.54, 1.807) is 25.3 Å². The first kappa shape index (κ1) is 10.7. The molecule has 4 nitrogen and oxygen atoms in total. The van der Waals surface area contributed by atoms with Crippen molar-refractivity contribution in [3.8, 4) is 0 Å². The normalized spacial score (nSPS) is 14.5. The molecule has 0 saturated carbocycles. The largest absolute Gasteiger partial charge is 0.469 e. The van der Waals surface area contributed by atoms with Gasteiger partial charge in [-0.25, -0.2) is 0 Å². The standard InChI is InChI=1S/C10H13NO3/c1-10(13,6-9(12)14-2)8-4-3-5-11-7-8/h3-5,7,13H,6H2,1-2H3. The number of carbonyl (C=O) groups excluding carboxylic acids is 1. The molecule has 0 spiro atoms. The first-order valence-electron chi connectivity index (χ1n) is 4.26. The Morgan fingerprint density at radius 2 is 2.43 bits per heavy atom. The highest BCUT2D eigenvalue weighted by atomic mass is 16.5. The Bertz CT molecular complexity index is 308. The van der Waals surface area contributed by atoms with E-state index in [9.17, 15) is 9.90 Å². The molecular weight excluding hydrogens is 182 g/mol. The van der Waals surface area contributed by atoms with E-state index >= 15 is 0 Å². The van der Waals surface area contributed by atoms with Crippen molar-refractivity contribution in [2.45, 2.75) is 18.9 Å². The van der Waals surface area contributed by atoms with Gasteiger partial charge in [-0.2, -0.15) is 0 Å². The Kier molecular flexibility index (Phi) is 3.19. The summed E-state index contributed by atoms with van der Waals surface area (Å²) in [5, 5.41) is 9.95. The third kappa shape index (κ3) is 2.53. The molecule has 0 aliphatic carbocycles. The highest BCUT2D eigenvalue weighted by molar-refractivity contribution is 5.70. The van der Waals surface area contributed by atoms with E-state index in [2.05, 4.69) is 9.72 Å². The molecule has 14 heavy (non-hydrogen) atoms. The molecule has 1 unspecified atom stereocenters. The number of carbonyl (C=O) groups is 1. The smallest absolute Gasteiger partial charge is 0.308 e. The van der Waals surface area contributed by atoms with Gasteiger partial charge in [0.05, 0.1) is 19.1 Å². The number of nitrogens with zero attached hydrogens (tertiary/aromatic N) is 1. The predicted molar refractivity (Wildman–Crippen MR) is 50.4 cm³/mol. The lowest BCUT2D eigenvalue weighted by Gasteiger charge is -2.21. The third-order valence-electron chi connectivity index (χ3n) is 2.00. The molecule has 76 valence electrons. The fraction of sp³-hybridized carbons (Fsp3) is 0.400. The molecule has 1 heterocycles. The summed E-state index contributed by atoms with van der Waals surface area (Å²) in [5.41, 5.74) is -0.619. The topological polar surface area (TPSA) is 59.4 Å². The number of rotatable bonds is 3. The fourth-order valence-electron chi connectivity index (χ4n) is 1.14. The summed E-state index contributed by atoms with van der Waals surface area (Å²) in [7, 11) is 1.29. The van der Waals surface area contributed by atoms with Gasteiger partial charge >= 0.3 is 5.97 Å². The van der Waals surface area contributed by atoms with Crippen LogP contribution >= 0.6 is 0 Å². The van der Waals surface area contributed by atoms with Gasteiger partial charge in [-0.1, -0.05) is 6.07 Å². The second-order valence-electron chi connectivity index (χ2n) is 3.27. The zero-order valence-corrected chi connectivity index (χ0v) is 8.23. The first-order valence-corrected chi connectivity index (χ1v) is 4.26. The molecule has 1 N–H and O–H groups in total. The Balaban J connectivity index is 2.80. The van der Waals surface area contributed by atoms with Crippen LogP contribution in [-0.4, -0.2) is 23.2 Å². The summed E-state index contributed by atoms with van der Waals surface area (Å²) in [5.74, 6) is -0.446. The van der Waals surface area contributed by atoms with Crippen LogP contribution in [0.1, 0.15) is 18.9 Å². The number of aliphatic hydroxyl groups is 1. The van der Waals surface area contributed by atoms with Crippen LogP contribution < -0.4 is 0 Å². The number of hydrogen-bond acceptors (Lipinski definition) is 4. The molecule has 1 rings (SSSR count). The van der Waals surface area contributed by atoms with Crippen molar-refractivity contribution in [2.75, 3.05) is 7.11 Å². The van der Waals surface area contributed by atoms with Crippen LogP contribution in [0.4, 0.5) is 0 Å².